The van der Waals surface area contributed by atoms with E-state index in [2.05, 4.69) is 93.5 Å². The molecule has 0 aliphatic heterocycles. The Morgan fingerprint density at radius 1 is 0.714 bits per heavy atom. The molecule has 3 nitrogen and oxygen atoms in total. The molecule has 0 saturated heterocycles. The molecule has 10 atom stereocenters. The molecule has 0 bridgehead atoms. The summed E-state index contributed by atoms with van der Waals surface area (Å²) in [7, 11) is -5.33. The molecule has 0 aromatic rings. The summed E-state index contributed by atoms with van der Waals surface area (Å²) in [6.07, 6.45) is 15.1. The second-order valence-corrected chi connectivity index (χ2v) is 32.8. The zero-order valence-electron chi connectivity index (χ0n) is 30.6. The van der Waals surface area contributed by atoms with Crippen LogP contribution in [0.4, 0.5) is 0 Å². The molecule has 0 N–H and O–H groups in total. The first-order chi connectivity index (χ1) is 19.1. The Kier molecular flexibility index (Phi) is 10.3. The molecule has 4 rings (SSSR count). The third kappa shape index (κ3) is 7.24. The fourth-order valence-electron chi connectivity index (χ4n) is 11.2. The topological polar surface area (TPSA) is 27.7 Å². The largest absolute Gasteiger partial charge is 0.415 e. The summed E-state index contributed by atoms with van der Waals surface area (Å²) >= 11 is 0. The molecule has 0 aromatic heterocycles. The van der Waals surface area contributed by atoms with Gasteiger partial charge in [-0.3, -0.25) is 0 Å². The molecule has 4 aliphatic rings. The van der Waals surface area contributed by atoms with Crippen LogP contribution in [-0.4, -0.2) is 42.8 Å². The van der Waals surface area contributed by atoms with Gasteiger partial charge in [-0.2, -0.15) is 0 Å². The van der Waals surface area contributed by atoms with Crippen molar-refractivity contribution in [3.05, 3.63) is 0 Å². The monoisotopic (exact) mass is 636 g/mol. The molecule has 246 valence electrons. The normalized spacial score (nSPS) is 41.8. The van der Waals surface area contributed by atoms with Crippen LogP contribution in [-0.2, 0) is 13.3 Å². The quantitative estimate of drug-likeness (QED) is 0.211. The summed E-state index contributed by atoms with van der Waals surface area (Å²) in [5.74, 6) is 4.94. The van der Waals surface area contributed by atoms with E-state index >= 15 is 0 Å². The minimum Gasteiger partial charge on any atom is -0.415 e. The summed E-state index contributed by atoms with van der Waals surface area (Å²) in [6.45, 7) is 34.4. The third-order valence-electron chi connectivity index (χ3n) is 12.5. The van der Waals surface area contributed by atoms with Crippen molar-refractivity contribution < 1.29 is 13.3 Å². The predicted molar refractivity (Wildman–Crippen MR) is 189 cm³/mol. The highest BCUT2D eigenvalue weighted by molar-refractivity contribution is 6.70. The smallest absolute Gasteiger partial charge is 0.184 e. The Morgan fingerprint density at radius 2 is 1.36 bits per heavy atom. The minimum absolute atomic E-state index is 0.155. The highest BCUT2D eigenvalue weighted by Gasteiger charge is 2.70. The number of hydrogen-bond acceptors (Lipinski definition) is 3. The van der Waals surface area contributed by atoms with E-state index in [4.69, 9.17) is 13.3 Å². The fourth-order valence-corrected chi connectivity index (χ4v) is 15.0. The molecule has 6 heteroatoms. The first-order valence-corrected chi connectivity index (χ1v) is 28.4. The van der Waals surface area contributed by atoms with Crippen molar-refractivity contribution in [3.63, 3.8) is 0 Å². The Balaban J connectivity index is 1.71. The van der Waals surface area contributed by atoms with E-state index in [1.165, 1.54) is 64.2 Å². The van der Waals surface area contributed by atoms with Crippen molar-refractivity contribution in [2.45, 2.75) is 182 Å². The summed E-state index contributed by atoms with van der Waals surface area (Å²) < 4.78 is 22.0. The maximum absolute atomic E-state index is 7.66. The maximum atomic E-state index is 7.66. The van der Waals surface area contributed by atoms with Crippen molar-refractivity contribution in [3.8, 4) is 0 Å². The van der Waals surface area contributed by atoms with Gasteiger partial charge < -0.3 is 13.3 Å². The lowest BCUT2D eigenvalue weighted by molar-refractivity contribution is -0.251. The molecule has 0 aromatic carbocycles. The van der Waals surface area contributed by atoms with Crippen molar-refractivity contribution >= 4 is 25.0 Å². The number of rotatable bonds is 11. The van der Waals surface area contributed by atoms with E-state index in [9.17, 15) is 0 Å². The summed E-state index contributed by atoms with van der Waals surface area (Å²) in [5.41, 5.74) is 0.426. The highest BCUT2D eigenvalue weighted by atomic mass is 28.4. The Labute approximate surface area is 265 Å². The number of hydrogen-bond donors (Lipinski definition) is 0. The van der Waals surface area contributed by atoms with Crippen LogP contribution in [0.2, 0.25) is 58.9 Å². The summed E-state index contributed by atoms with van der Waals surface area (Å²) in [4.78, 5) is 0. The van der Waals surface area contributed by atoms with Gasteiger partial charge in [-0.25, -0.2) is 0 Å². The molecular weight excluding hydrogens is 565 g/mol. The molecule has 42 heavy (non-hydrogen) atoms. The van der Waals surface area contributed by atoms with E-state index < -0.39 is 25.0 Å². The van der Waals surface area contributed by atoms with E-state index in [-0.39, 0.29) is 17.1 Å². The SMILES string of the molecule is CC(C)CCCC(C)[C@H]1CCC2C3C[C@@H](O[Si](C)(C)C)[C@@]4(O[Si](C)(C)C)C[C@@H](O[Si](C)(C)C)CC[C@]4(C)C3CC[C@@]21C. The second-order valence-electron chi connectivity index (χ2n) is 19.5. The standard InChI is InChI=1S/C36H72O3Si3/c1-26(2)16-15-17-27(3)30-18-19-31-29-24-33(38-41(9,10)11)36(39-42(12,13)14)25-28(37-40(6,7)8)20-23-35(36,5)32(29)21-22-34(30,31)4/h26-33H,15-25H2,1-14H3/t27?,28-,29?,30+,31?,32?,33+,34+,35+,36-/m0/s1. The van der Waals surface area contributed by atoms with Gasteiger partial charge in [0.2, 0.25) is 0 Å². The van der Waals surface area contributed by atoms with Crippen molar-refractivity contribution in [1.82, 2.24) is 0 Å². The predicted octanol–water partition coefficient (Wildman–Crippen LogP) is 11.1. The van der Waals surface area contributed by atoms with E-state index in [0.29, 0.717) is 11.5 Å². The zero-order valence-corrected chi connectivity index (χ0v) is 33.6. The van der Waals surface area contributed by atoms with E-state index in [0.717, 1.165) is 41.9 Å². The van der Waals surface area contributed by atoms with Crippen molar-refractivity contribution in [2.75, 3.05) is 0 Å². The molecule has 4 fully saturated rings. The van der Waals surface area contributed by atoms with Crippen LogP contribution in [0, 0.1) is 46.3 Å². The lowest BCUT2D eigenvalue weighted by Crippen LogP contribution is -2.73. The third-order valence-corrected chi connectivity index (χ3v) is 15.5. The van der Waals surface area contributed by atoms with Gasteiger partial charge in [0, 0.05) is 17.9 Å². The van der Waals surface area contributed by atoms with Crippen LogP contribution in [0.15, 0.2) is 0 Å². The summed E-state index contributed by atoms with van der Waals surface area (Å²) in [5, 5.41) is 0. The molecule has 0 heterocycles. The fraction of sp³-hybridized carbons (Fsp3) is 1.00. The van der Waals surface area contributed by atoms with Gasteiger partial charge in [0.1, 0.15) is 0 Å². The van der Waals surface area contributed by atoms with Gasteiger partial charge >= 0.3 is 0 Å². The second kappa shape index (κ2) is 12.3. The van der Waals surface area contributed by atoms with Crippen LogP contribution >= 0.6 is 0 Å². The Morgan fingerprint density at radius 3 is 1.93 bits per heavy atom. The molecule has 0 amide bonds. The van der Waals surface area contributed by atoms with Gasteiger partial charge in [-0.05, 0) is 145 Å². The highest BCUT2D eigenvalue weighted by Crippen LogP contribution is 2.70. The Hall–Kier alpha value is 0.531. The van der Waals surface area contributed by atoms with Crippen molar-refractivity contribution in [2.24, 2.45) is 46.3 Å². The molecule has 0 spiro atoms. The summed E-state index contributed by atoms with van der Waals surface area (Å²) in [6, 6.07) is 0. The van der Waals surface area contributed by atoms with Gasteiger partial charge in [-0.15, -0.1) is 0 Å². The molecule has 0 radical (unpaired) electrons. The maximum Gasteiger partial charge on any atom is 0.184 e. The van der Waals surface area contributed by atoms with Crippen LogP contribution in [0.1, 0.15) is 105 Å². The molecule has 4 unspecified atom stereocenters. The van der Waals surface area contributed by atoms with E-state index in [1.807, 2.05) is 0 Å². The average Bonchev–Trinajstić information content (AvgIpc) is 3.15. The van der Waals surface area contributed by atoms with Gasteiger partial charge in [0.25, 0.3) is 0 Å². The van der Waals surface area contributed by atoms with Crippen LogP contribution < -0.4 is 0 Å². The van der Waals surface area contributed by atoms with Gasteiger partial charge in [0.15, 0.2) is 25.0 Å². The van der Waals surface area contributed by atoms with Crippen LogP contribution in [0.5, 0.6) is 0 Å². The van der Waals surface area contributed by atoms with Crippen LogP contribution in [0.3, 0.4) is 0 Å². The minimum atomic E-state index is -1.87. The van der Waals surface area contributed by atoms with Gasteiger partial charge in [0.05, 0.1) is 11.7 Å². The Bertz CT molecular complexity index is 919. The average molecular weight is 637 g/mol. The first kappa shape index (κ1) is 35.4. The number of fused-ring (bicyclic) bond motifs is 5. The van der Waals surface area contributed by atoms with Crippen molar-refractivity contribution in [1.29, 1.82) is 0 Å². The molecular formula is C36H72O3Si3. The lowest BCUT2D eigenvalue weighted by atomic mass is 9.42. The van der Waals surface area contributed by atoms with Crippen LogP contribution in [0.25, 0.3) is 0 Å². The first-order valence-electron chi connectivity index (χ1n) is 18.2. The van der Waals surface area contributed by atoms with Gasteiger partial charge in [-0.1, -0.05) is 53.9 Å². The zero-order chi connectivity index (χ0) is 31.5. The lowest BCUT2D eigenvalue weighted by Gasteiger charge is -2.69. The van der Waals surface area contributed by atoms with E-state index in [1.54, 1.807) is 0 Å². The molecule has 4 saturated carbocycles. The molecule has 4 aliphatic carbocycles.